The van der Waals surface area contributed by atoms with Gasteiger partial charge < -0.3 is 5.32 Å². The third kappa shape index (κ3) is 5.26. The number of nitrogens with one attached hydrogen (secondary N) is 1. The van der Waals surface area contributed by atoms with Crippen molar-refractivity contribution in [3.8, 4) is 0 Å². The Kier molecular flexibility index (Phi) is 5.56. The Morgan fingerprint density at radius 3 is 2.35 bits per heavy atom. The van der Waals surface area contributed by atoms with E-state index in [4.69, 9.17) is 0 Å². The van der Waals surface area contributed by atoms with E-state index in [0.29, 0.717) is 11.8 Å². The molecule has 0 aromatic heterocycles. The fraction of sp³-hybridized carbons (Fsp3) is 0.571. The lowest BCUT2D eigenvalue weighted by atomic mass is 10.0. The summed E-state index contributed by atoms with van der Waals surface area (Å²) in [5.74, 6) is -0.492. The highest BCUT2D eigenvalue weighted by molar-refractivity contribution is 5.18. The van der Waals surface area contributed by atoms with Crippen LogP contribution in [0.3, 0.4) is 0 Å². The lowest BCUT2D eigenvalue weighted by molar-refractivity contribution is 0.470. The molecule has 0 saturated carbocycles. The van der Waals surface area contributed by atoms with Crippen molar-refractivity contribution in [1.29, 1.82) is 0 Å². The lowest BCUT2D eigenvalue weighted by Crippen LogP contribution is -2.26. The third-order valence-electron chi connectivity index (χ3n) is 2.61. The lowest BCUT2D eigenvalue weighted by Gasteiger charge is -2.14. The van der Waals surface area contributed by atoms with E-state index in [9.17, 15) is 8.78 Å². The Morgan fingerprint density at radius 2 is 1.76 bits per heavy atom. The van der Waals surface area contributed by atoms with Crippen LogP contribution in [0.5, 0.6) is 0 Å². The highest BCUT2D eigenvalue weighted by atomic mass is 19.2. The molecule has 1 aromatic carbocycles. The zero-order valence-electron chi connectivity index (χ0n) is 10.8. The number of rotatable bonds is 6. The predicted octanol–water partition coefficient (Wildman–Crippen LogP) is 3.39. The van der Waals surface area contributed by atoms with Crippen LogP contribution >= 0.6 is 0 Å². The predicted molar refractivity (Wildman–Crippen MR) is 66.9 cm³/mol. The highest BCUT2D eigenvalue weighted by Gasteiger charge is 2.07. The molecule has 0 bridgehead atoms. The Balaban J connectivity index is 2.39. The van der Waals surface area contributed by atoms with Crippen molar-refractivity contribution in [2.45, 2.75) is 27.2 Å². The first-order valence-corrected chi connectivity index (χ1v) is 6.13. The topological polar surface area (TPSA) is 12.0 Å². The summed E-state index contributed by atoms with van der Waals surface area (Å²) in [6.07, 6.45) is 0.766. The number of halogens is 2. The van der Waals surface area contributed by atoms with Gasteiger partial charge in [0.1, 0.15) is 0 Å². The maximum atomic E-state index is 13.0. The zero-order valence-corrected chi connectivity index (χ0v) is 10.8. The number of benzene rings is 1. The summed E-state index contributed by atoms with van der Waals surface area (Å²) < 4.78 is 25.7. The van der Waals surface area contributed by atoms with Gasteiger partial charge in [-0.05, 0) is 49.0 Å². The standard InChI is InChI=1S/C14H21F2N/c1-10(2)8-17-9-11(3)6-12-4-5-13(15)14(16)7-12/h4-5,7,10-11,17H,6,8-9H2,1-3H3. The van der Waals surface area contributed by atoms with Gasteiger partial charge in [0, 0.05) is 0 Å². The van der Waals surface area contributed by atoms with Crippen LogP contribution in [0.1, 0.15) is 26.3 Å². The van der Waals surface area contributed by atoms with Crippen molar-refractivity contribution in [1.82, 2.24) is 5.32 Å². The summed E-state index contributed by atoms with van der Waals surface area (Å²) in [6.45, 7) is 8.31. The molecule has 0 aliphatic carbocycles. The smallest absolute Gasteiger partial charge is 0.159 e. The molecule has 96 valence electrons. The van der Waals surface area contributed by atoms with E-state index in [0.717, 1.165) is 25.1 Å². The summed E-state index contributed by atoms with van der Waals surface area (Å²) in [6, 6.07) is 4.13. The molecule has 1 aromatic rings. The van der Waals surface area contributed by atoms with Crippen molar-refractivity contribution in [2.24, 2.45) is 11.8 Å². The van der Waals surface area contributed by atoms with E-state index in [1.165, 1.54) is 12.1 Å². The van der Waals surface area contributed by atoms with Crippen LogP contribution in [-0.2, 0) is 6.42 Å². The van der Waals surface area contributed by atoms with Crippen LogP contribution in [0, 0.1) is 23.5 Å². The molecular formula is C14H21F2N. The van der Waals surface area contributed by atoms with Gasteiger partial charge in [-0.15, -0.1) is 0 Å². The van der Waals surface area contributed by atoms with E-state index in [1.54, 1.807) is 6.07 Å². The van der Waals surface area contributed by atoms with Gasteiger partial charge in [-0.25, -0.2) is 8.78 Å². The van der Waals surface area contributed by atoms with Crippen LogP contribution in [0.25, 0.3) is 0 Å². The molecule has 17 heavy (non-hydrogen) atoms. The minimum atomic E-state index is -0.778. The van der Waals surface area contributed by atoms with E-state index in [2.05, 4.69) is 26.1 Å². The van der Waals surface area contributed by atoms with Crippen molar-refractivity contribution in [3.63, 3.8) is 0 Å². The monoisotopic (exact) mass is 241 g/mol. The van der Waals surface area contributed by atoms with Gasteiger partial charge in [0.15, 0.2) is 11.6 Å². The van der Waals surface area contributed by atoms with Crippen LogP contribution in [0.2, 0.25) is 0 Å². The number of hydrogen-bond donors (Lipinski definition) is 1. The van der Waals surface area contributed by atoms with Crippen molar-refractivity contribution >= 4 is 0 Å². The average Bonchev–Trinajstić information content (AvgIpc) is 2.23. The molecule has 0 aliphatic heterocycles. The van der Waals surface area contributed by atoms with Gasteiger partial charge in [0.25, 0.3) is 0 Å². The summed E-state index contributed by atoms with van der Waals surface area (Å²) in [4.78, 5) is 0. The SMILES string of the molecule is CC(C)CNCC(C)Cc1ccc(F)c(F)c1. The summed E-state index contributed by atoms with van der Waals surface area (Å²) in [5.41, 5.74) is 0.850. The van der Waals surface area contributed by atoms with Crippen molar-refractivity contribution in [2.75, 3.05) is 13.1 Å². The van der Waals surface area contributed by atoms with Crippen molar-refractivity contribution < 1.29 is 8.78 Å². The van der Waals surface area contributed by atoms with Crippen LogP contribution in [0.4, 0.5) is 8.78 Å². The fourth-order valence-electron chi connectivity index (χ4n) is 1.76. The molecule has 0 spiro atoms. The van der Waals surface area contributed by atoms with Crippen LogP contribution in [0.15, 0.2) is 18.2 Å². The first kappa shape index (κ1) is 14.1. The van der Waals surface area contributed by atoms with Gasteiger partial charge >= 0.3 is 0 Å². The Labute approximate surface area is 102 Å². The van der Waals surface area contributed by atoms with Gasteiger partial charge in [0.05, 0.1) is 0 Å². The molecule has 0 heterocycles. The molecule has 0 aliphatic rings. The Bertz CT molecular complexity index is 350. The van der Waals surface area contributed by atoms with Crippen molar-refractivity contribution in [3.05, 3.63) is 35.4 Å². The zero-order chi connectivity index (χ0) is 12.8. The third-order valence-corrected chi connectivity index (χ3v) is 2.61. The first-order chi connectivity index (χ1) is 7.99. The number of hydrogen-bond acceptors (Lipinski definition) is 1. The highest BCUT2D eigenvalue weighted by Crippen LogP contribution is 2.12. The summed E-state index contributed by atoms with van der Waals surface area (Å²) in [5, 5.41) is 3.36. The quantitative estimate of drug-likeness (QED) is 0.805. The fourth-order valence-corrected chi connectivity index (χ4v) is 1.76. The second-order valence-corrected chi connectivity index (χ2v) is 5.11. The molecule has 0 radical (unpaired) electrons. The molecule has 3 heteroatoms. The molecule has 1 rings (SSSR count). The van der Waals surface area contributed by atoms with Gasteiger partial charge in [0.2, 0.25) is 0 Å². The van der Waals surface area contributed by atoms with E-state index in [-0.39, 0.29) is 0 Å². The van der Waals surface area contributed by atoms with Crippen LogP contribution in [-0.4, -0.2) is 13.1 Å². The molecule has 0 fully saturated rings. The average molecular weight is 241 g/mol. The summed E-state index contributed by atoms with van der Waals surface area (Å²) in [7, 11) is 0. The first-order valence-electron chi connectivity index (χ1n) is 6.13. The normalized spacial score (nSPS) is 13.1. The molecule has 0 saturated heterocycles. The van der Waals surface area contributed by atoms with E-state index in [1.807, 2.05) is 0 Å². The van der Waals surface area contributed by atoms with Gasteiger partial charge in [-0.1, -0.05) is 26.8 Å². The maximum absolute atomic E-state index is 13.0. The Morgan fingerprint density at radius 1 is 1.06 bits per heavy atom. The van der Waals surface area contributed by atoms with Gasteiger partial charge in [-0.3, -0.25) is 0 Å². The molecule has 1 nitrogen and oxygen atoms in total. The van der Waals surface area contributed by atoms with Crippen LogP contribution < -0.4 is 5.32 Å². The summed E-state index contributed by atoms with van der Waals surface area (Å²) >= 11 is 0. The van der Waals surface area contributed by atoms with Gasteiger partial charge in [-0.2, -0.15) is 0 Å². The largest absolute Gasteiger partial charge is 0.316 e. The molecule has 0 amide bonds. The maximum Gasteiger partial charge on any atom is 0.159 e. The Hall–Kier alpha value is -0.960. The molecule has 1 atom stereocenters. The minimum Gasteiger partial charge on any atom is -0.316 e. The van der Waals surface area contributed by atoms with E-state index < -0.39 is 11.6 Å². The van der Waals surface area contributed by atoms with E-state index >= 15 is 0 Å². The molecule has 1 unspecified atom stereocenters. The minimum absolute atomic E-state index is 0.415. The molecular weight excluding hydrogens is 220 g/mol. The second kappa shape index (κ2) is 6.70. The second-order valence-electron chi connectivity index (χ2n) is 5.11. The molecule has 1 N–H and O–H groups in total.